The average molecular weight is 1030 g/mol. The summed E-state index contributed by atoms with van der Waals surface area (Å²) in [5.41, 5.74) is 5.59. The molecule has 0 radical (unpaired) electrons. The maximum absolute atomic E-state index is 14.2. The molecule has 27 nitrogen and oxygen atoms in total. The molecule has 27 heteroatoms. The standard InChI is InChI=1S/C45H71N9O18/c1-20(2)16-27(42(68)54-32(21(3)57)43(69)50-26(39(46)65)14-10-11-15-47-22(4)58)52-41(67)28(51-40(66)25-12-8-7-9-13-25)17-31(61)53-44-33(48-23(5)59)37(64)38(30(19-56)70-44)72-45-34(49-24(6)60)36(63)35(62)29(18-55)71-45/h7-9,12-13,20-21,26-30,32-38,44-45,55-57,62-64H,10-11,14-19H2,1-6H3,(H2,46,65)(H,47,58)(H,48,59)(H,49,60)(H,50,69)(H,51,66)(H,52,67)(H,53,61)(H,54,68)/t21-,26+,27+,28+,29-,30-,32+,33-,34-,35-,36-,37-,38-,44-,45+/m1/s1. The number of hydrogen-bond acceptors (Lipinski definition) is 18. The fourth-order valence-electron chi connectivity index (χ4n) is 7.89. The van der Waals surface area contributed by atoms with Crippen molar-refractivity contribution in [1.82, 2.24) is 42.5 Å². The Morgan fingerprint density at radius 1 is 0.681 bits per heavy atom. The lowest BCUT2D eigenvalue weighted by Gasteiger charge is -2.48. The molecule has 0 saturated carbocycles. The van der Waals surface area contributed by atoms with E-state index in [1.165, 1.54) is 38.1 Å². The van der Waals surface area contributed by atoms with Crippen molar-refractivity contribution in [3.05, 3.63) is 35.9 Å². The first-order valence-electron chi connectivity index (χ1n) is 23.4. The summed E-state index contributed by atoms with van der Waals surface area (Å²) in [6, 6.07) is -1.69. The first kappa shape index (κ1) is 60.4. The highest BCUT2D eigenvalue weighted by Gasteiger charge is 2.52. The van der Waals surface area contributed by atoms with Crippen molar-refractivity contribution < 1.29 is 88.0 Å². The Morgan fingerprint density at radius 2 is 1.28 bits per heavy atom. The average Bonchev–Trinajstić information content (AvgIpc) is 3.30. The van der Waals surface area contributed by atoms with Gasteiger partial charge in [0.05, 0.1) is 25.7 Å². The van der Waals surface area contributed by atoms with Gasteiger partial charge in [-0.1, -0.05) is 32.0 Å². The lowest BCUT2D eigenvalue weighted by Crippen LogP contribution is -2.71. The minimum atomic E-state index is -1.88. The van der Waals surface area contributed by atoms with Gasteiger partial charge in [-0.2, -0.15) is 0 Å². The summed E-state index contributed by atoms with van der Waals surface area (Å²) in [6.07, 6.45) is -15.0. The van der Waals surface area contributed by atoms with Crippen LogP contribution < -0.4 is 48.3 Å². The zero-order chi connectivity index (χ0) is 54.0. The number of benzene rings is 1. The van der Waals surface area contributed by atoms with Crippen molar-refractivity contribution in [3.8, 4) is 0 Å². The number of carbonyl (C=O) groups excluding carboxylic acids is 9. The number of amides is 9. The quantitative estimate of drug-likeness (QED) is 0.0384. The number of ether oxygens (including phenoxy) is 3. The Labute approximate surface area is 415 Å². The van der Waals surface area contributed by atoms with Crippen LogP contribution in [-0.4, -0.2) is 195 Å². The summed E-state index contributed by atoms with van der Waals surface area (Å²) in [7, 11) is 0. The fourth-order valence-corrected chi connectivity index (χ4v) is 7.89. The summed E-state index contributed by atoms with van der Waals surface area (Å²) in [5, 5.41) is 83.4. The Balaban J connectivity index is 1.88. The van der Waals surface area contributed by atoms with E-state index < -0.39 is 158 Å². The van der Waals surface area contributed by atoms with E-state index >= 15 is 0 Å². The van der Waals surface area contributed by atoms with Crippen molar-refractivity contribution in [2.75, 3.05) is 19.8 Å². The van der Waals surface area contributed by atoms with Crippen LogP contribution in [-0.2, 0) is 52.6 Å². The van der Waals surface area contributed by atoms with Gasteiger partial charge in [-0.15, -0.1) is 0 Å². The molecule has 0 bridgehead atoms. The van der Waals surface area contributed by atoms with Crippen LogP contribution in [0.15, 0.2) is 30.3 Å². The van der Waals surface area contributed by atoms with Gasteiger partial charge in [0.25, 0.3) is 5.91 Å². The van der Waals surface area contributed by atoms with Crippen molar-refractivity contribution in [3.63, 3.8) is 0 Å². The maximum atomic E-state index is 14.2. The van der Waals surface area contributed by atoms with Crippen LogP contribution in [0.1, 0.15) is 84.0 Å². The van der Waals surface area contributed by atoms with Gasteiger partial charge in [-0.05, 0) is 50.7 Å². The van der Waals surface area contributed by atoms with Gasteiger partial charge in [-0.3, -0.25) is 43.2 Å². The van der Waals surface area contributed by atoms with Crippen LogP contribution in [0.25, 0.3) is 0 Å². The highest BCUT2D eigenvalue weighted by atomic mass is 16.7. The van der Waals surface area contributed by atoms with Gasteiger partial charge in [0.15, 0.2) is 12.5 Å². The molecule has 2 aliphatic rings. The molecule has 3 rings (SSSR count). The maximum Gasteiger partial charge on any atom is 0.251 e. The summed E-state index contributed by atoms with van der Waals surface area (Å²) in [6.45, 7) is 6.68. The molecule has 15 atom stereocenters. The first-order valence-corrected chi connectivity index (χ1v) is 23.4. The Hall–Kier alpha value is -5.91. The van der Waals surface area contributed by atoms with Gasteiger partial charge in [0.2, 0.25) is 47.3 Å². The lowest BCUT2D eigenvalue weighted by atomic mass is 9.94. The predicted octanol–water partition coefficient (Wildman–Crippen LogP) is -6.12. The SMILES string of the molecule is CC(=O)NCCCC[C@H](NC(=O)[C@@H](NC(=O)[C@H](CC(C)C)NC(=O)[C@H](CC(=O)N[C@@H]1O[C@H](CO)[C@@H](O[C@@H]2O[C@H](CO)[C@@H](O)[C@H](O)[C@H]2NC(C)=O)[C@H](O)[C@H]1NC(C)=O)NC(=O)c1ccccc1)[C@@H](C)O)C(N)=O. The van der Waals surface area contributed by atoms with E-state index in [0.717, 1.165) is 13.8 Å². The second-order valence-electron chi connectivity index (χ2n) is 18.1. The lowest BCUT2D eigenvalue weighted by molar-refractivity contribution is -0.315. The van der Waals surface area contributed by atoms with Gasteiger partial charge in [-0.25, -0.2) is 0 Å². The van der Waals surface area contributed by atoms with Crippen molar-refractivity contribution in [2.45, 2.75) is 165 Å². The summed E-state index contributed by atoms with van der Waals surface area (Å²) >= 11 is 0. The number of hydrogen-bond donors (Lipinski definition) is 15. The molecule has 0 spiro atoms. The van der Waals surface area contributed by atoms with Gasteiger partial charge < -0.3 is 93.1 Å². The molecular formula is C45H71N9O18. The summed E-state index contributed by atoms with van der Waals surface area (Å²) in [5.74, 6) is -7.83. The second-order valence-corrected chi connectivity index (χ2v) is 18.1. The Morgan fingerprint density at radius 3 is 1.83 bits per heavy atom. The molecule has 2 aliphatic heterocycles. The van der Waals surface area contributed by atoms with E-state index in [1.54, 1.807) is 19.9 Å². The number of rotatable bonds is 26. The highest BCUT2D eigenvalue weighted by molar-refractivity contribution is 6.00. The predicted molar refractivity (Wildman–Crippen MR) is 249 cm³/mol. The molecule has 2 fully saturated rings. The van der Waals surface area contributed by atoms with Crippen LogP contribution >= 0.6 is 0 Å². The van der Waals surface area contributed by atoms with Crippen LogP contribution in [0.5, 0.6) is 0 Å². The van der Waals surface area contributed by atoms with E-state index in [2.05, 4.69) is 42.5 Å². The fraction of sp³-hybridized carbons (Fsp3) is 0.667. The third kappa shape index (κ3) is 18.3. The number of nitrogens with one attached hydrogen (secondary N) is 8. The summed E-state index contributed by atoms with van der Waals surface area (Å²) in [4.78, 5) is 117. The molecule has 2 heterocycles. The minimum absolute atomic E-state index is 0.0660. The summed E-state index contributed by atoms with van der Waals surface area (Å²) < 4.78 is 17.5. The van der Waals surface area contributed by atoms with E-state index in [9.17, 15) is 73.8 Å². The van der Waals surface area contributed by atoms with Crippen molar-refractivity contribution in [1.29, 1.82) is 0 Å². The second kappa shape index (κ2) is 29.0. The molecule has 16 N–H and O–H groups in total. The number of primary amides is 1. The number of unbranched alkanes of at least 4 members (excludes halogenated alkanes) is 1. The topological polar surface area (TPSA) is 425 Å². The molecule has 404 valence electrons. The van der Waals surface area contributed by atoms with Crippen LogP contribution in [0.3, 0.4) is 0 Å². The first-order chi connectivity index (χ1) is 33.9. The van der Waals surface area contributed by atoms with Gasteiger partial charge in [0, 0.05) is 32.9 Å². The molecule has 0 aliphatic carbocycles. The Kier molecular flexibility index (Phi) is 24.3. The number of aliphatic hydroxyl groups excluding tert-OH is 6. The molecule has 2 saturated heterocycles. The minimum Gasteiger partial charge on any atom is -0.394 e. The molecule has 1 aromatic carbocycles. The Bertz CT molecular complexity index is 2020. The van der Waals surface area contributed by atoms with Gasteiger partial charge in [0.1, 0.15) is 72.9 Å². The third-order valence-corrected chi connectivity index (χ3v) is 11.5. The number of nitrogens with two attached hydrogens (primary N) is 1. The van der Waals surface area contributed by atoms with E-state index in [4.69, 9.17) is 19.9 Å². The monoisotopic (exact) mass is 1030 g/mol. The van der Waals surface area contributed by atoms with Crippen molar-refractivity contribution >= 4 is 53.2 Å². The largest absolute Gasteiger partial charge is 0.394 e. The number of aliphatic hydroxyl groups is 6. The van der Waals surface area contributed by atoms with Crippen LogP contribution in [0.4, 0.5) is 0 Å². The molecule has 9 amide bonds. The van der Waals surface area contributed by atoms with Gasteiger partial charge >= 0.3 is 0 Å². The normalized spacial score (nSPS) is 26.0. The molecule has 1 aromatic rings. The third-order valence-electron chi connectivity index (χ3n) is 11.5. The zero-order valence-electron chi connectivity index (χ0n) is 40.9. The van der Waals surface area contributed by atoms with E-state index in [0.29, 0.717) is 19.4 Å². The van der Waals surface area contributed by atoms with E-state index in [-0.39, 0.29) is 30.2 Å². The molecule has 0 aromatic heterocycles. The number of carbonyl (C=O) groups is 9. The smallest absolute Gasteiger partial charge is 0.251 e. The zero-order valence-corrected chi connectivity index (χ0v) is 40.9. The molecule has 72 heavy (non-hydrogen) atoms. The van der Waals surface area contributed by atoms with Crippen molar-refractivity contribution in [2.24, 2.45) is 11.7 Å². The van der Waals surface area contributed by atoms with Crippen LogP contribution in [0, 0.1) is 5.92 Å². The van der Waals surface area contributed by atoms with Crippen LogP contribution in [0.2, 0.25) is 0 Å². The molecule has 0 unspecified atom stereocenters. The van der Waals surface area contributed by atoms with E-state index in [1.807, 2.05) is 0 Å². The molecular weight excluding hydrogens is 955 g/mol. The highest BCUT2D eigenvalue weighted by Crippen LogP contribution is 2.29.